The number of hydrogen-bond acceptors (Lipinski definition) is 3. The maximum Gasteiger partial charge on any atom is 0.318 e. The molecule has 0 aliphatic heterocycles. The van der Waals surface area contributed by atoms with E-state index < -0.39 is 19.0 Å². The maximum absolute atomic E-state index is 12.4. The van der Waals surface area contributed by atoms with Crippen LogP contribution in [0.1, 0.15) is 30.0 Å². The fraction of sp³-hybridized carbons (Fsp3) is 0.615. The third kappa shape index (κ3) is 4.48. The summed E-state index contributed by atoms with van der Waals surface area (Å²) in [6.45, 7) is 4.11. The molecule has 0 fully saturated rings. The highest BCUT2D eigenvalue weighted by Crippen LogP contribution is 2.21. The number of alkyl halides is 2. The Hall–Kier alpha value is -1.63. The summed E-state index contributed by atoms with van der Waals surface area (Å²) in [5, 5.41) is 11.4. The second-order valence-corrected chi connectivity index (χ2v) is 4.60. The Labute approximate surface area is 116 Å². The van der Waals surface area contributed by atoms with Gasteiger partial charge in [-0.2, -0.15) is 0 Å². The van der Waals surface area contributed by atoms with Crippen LogP contribution in [-0.4, -0.2) is 42.2 Å². The van der Waals surface area contributed by atoms with Gasteiger partial charge in [0.25, 0.3) is 6.43 Å². The van der Waals surface area contributed by atoms with E-state index in [1.54, 1.807) is 26.8 Å². The van der Waals surface area contributed by atoms with Gasteiger partial charge in [0.1, 0.15) is 11.5 Å². The van der Waals surface area contributed by atoms with Crippen LogP contribution < -0.4 is 5.32 Å². The highest BCUT2D eigenvalue weighted by molar-refractivity contribution is 5.74. The molecule has 1 aromatic rings. The first kappa shape index (κ1) is 16.4. The average Bonchev–Trinajstić information content (AvgIpc) is 2.67. The van der Waals surface area contributed by atoms with E-state index in [-0.39, 0.29) is 19.2 Å². The molecule has 5 nitrogen and oxygen atoms in total. The van der Waals surface area contributed by atoms with Gasteiger partial charge in [-0.15, -0.1) is 0 Å². The van der Waals surface area contributed by atoms with Crippen molar-refractivity contribution in [2.24, 2.45) is 0 Å². The van der Waals surface area contributed by atoms with Crippen LogP contribution in [0.25, 0.3) is 0 Å². The summed E-state index contributed by atoms with van der Waals surface area (Å²) in [5.41, 5.74) is 0.803. The van der Waals surface area contributed by atoms with Crippen LogP contribution in [0.4, 0.5) is 13.6 Å². The Morgan fingerprint density at radius 3 is 2.60 bits per heavy atom. The molecule has 1 atom stereocenters. The van der Waals surface area contributed by atoms with Gasteiger partial charge in [-0.25, -0.2) is 13.6 Å². The van der Waals surface area contributed by atoms with E-state index in [0.717, 1.165) is 16.2 Å². The number of aryl methyl sites for hydroxylation is 2. The number of nitrogens with zero attached hydrogens (tertiary/aromatic N) is 1. The van der Waals surface area contributed by atoms with E-state index in [2.05, 4.69) is 5.32 Å². The van der Waals surface area contributed by atoms with Gasteiger partial charge in [-0.3, -0.25) is 0 Å². The Morgan fingerprint density at radius 2 is 2.15 bits per heavy atom. The summed E-state index contributed by atoms with van der Waals surface area (Å²) in [7, 11) is 0. The molecular formula is C13H20F2N2O3. The fourth-order valence-corrected chi connectivity index (χ4v) is 2.00. The molecule has 1 heterocycles. The number of aliphatic hydroxyl groups is 1. The molecule has 114 valence electrons. The third-order valence-corrected chi connectivity index (χ3v) is 2.90. The molecule has 0 radical (unpaired) electrons. The van der Waals surface area contributed by atoms with Gasteiger partial charge in [0.15, 0.2) is 0 Å². The number of rotatable bonds is 6. The van der Waals surface area contributed by atoms with Crippen molar-refractivity contribution in [3.8, 4) is 0 Å². The second kappa shape index (κ2) is 7.23. The van der Waals surface area contributed by atoms with E-state index in [1.165, 1.54) is 0 Å². The Balaban J connectivity index is 2.69. The number of aliphatic hydroxyl groups excluding tert-OH is 1. The zero-order valence-electron chi connectivity index (χ0n) is 11.8. The first-order chi connectivity index (χ1) is 9.35. The van der Waals surface area contributed by atoms with Crippen molar-refractivity contribution < 1.29 is 23.1 Å². The molecule has 0 bridgehead atoms. The number of halogens is 2. The monoisotopic (exact) mass is 290 g/mol. The molecule has 1 aromatic heterocycles. The predicted octanol–water partition coefficient (Wildman–Crippen LogP) is 2.23. The number of carbonyl (C=O) groups excluding carboxylic acids is 1. The van der Waals surface area contributed by atoms with Gasteiger partial charge in [-0.1, -0.05) is 0 Å². The Morgan fingerprint density at radius 1 is 1.50 bits per heavy atom. The van der Waals surface area contributed by atoms with Crippen molar-refractivity contribution in [3.63, 3.8) is 0 Å². The van der Waals surface area contributed by atoms with E-state index >= 15 is 0 Å². The molecule has 0 aliphatic rings. The largest absolute Gasteiger partial charge is 0.466 e. The molecule has 1 rings (SSSR count). The average molecular weight is 290 g/mol. The van der Waals surface area contributed by atoms with E-state index in [4.69, 9.17) is 9.52 Å². The minimum atomic E-state index is -2.64. The van der Waals surface area contributed by atoms with Crippen LogP contribution in [0.15, 0.2) is 10.5 Å². The maximum atomic E-state index is 12.4. The normalized spacial score (nSPS) is 12.6. The molecular weight excluding hydrogens is 270 g/mol. The number of amides is 2. The smallest absolute Gasteiger partial charge is 0.318 e. The molecule has 0 saturated heterocycles. The van der Waals surface area contributed by atoms with Crippen molar-refractivity contribution in [2.75, 3.05) is 19.7 Å². The molecule has 0 spiro atoms. The van der Waals surface area contributed by atoms with Crippen molar-refractivity contribution in [1.29, 1.82) is 0 Å². The molecule has 2 amide bonds. The summed E-state index contributed by atoms with van der Waals surface area (Å²) in [6.07, 6.45) is -2.64. The predicted molar refractivity (Wildman–Crippen MR) is 69.8 cm³/mol. The minimum Gasteiger partial charge on any atom is -0.466 e. The lowest BCUT2D eigenvalue weighted by Crippen LogP contribution is -2.44. The molecule has 1 unspecified atom stereocenters. The van der Waals surface area contributed by atoms with Gasteiger partial charge in [0.05, 0.1) is 19.2 Å². The number of nitrogens with one attached hydrogen (secondary N) is 1. The molecule has 7 heteroatoms. The third-order valence-electron chi connectivity index (χ3n) is 2.90. The Bertz CT molecular complexity index is 449. The first-order valence-corrected chi connectivity index (χ1v) is 6.36. The molecule has 20 heavy (non-hydrogen) atoms. The molecule has 0 saturated carbocycles. The minimum absolute atomic E-state index is 0.133. The summed E-state index contributed by atoms with van der Waals surface area (Å²) in [5.74, 6) is 1.40. The fourth-order valence-electron chi connectivity index (χ4n) is 2.00. The summed E-state index contributed by atoms with van der Waals surface area (Å²) in [4.78, 5) is 12.8. The zero-order chi connectivity index (χ0) is 15.3. The highest BCUT2D eigenvalue weighted by atomic mass is 19.3. The van der Waals surface area contributed by atoms with Crippen LogP contribution in [0.5, 0.6) is 0 Å². The van der Waals surface area contributed by atoms with E-state index in [1.807, 2.05) is 0 Å². The van der Waals surface area contributed by atoms with Crippen molar-refractivity contribution >= 4 is 6.03 Å². The summed E-state index contributed by atoms with van der Waals surface area (Å²) >= 11 is 0. The number of furan rings is 1. The lowest BCUT2D eigenvalue weighted by molar-refractivity contribution is 0.0895. The molecule has 2 N–H and O–H groups in total. The standard InChI is InChI=1S/C13H20F2N2O3/c1-8-6-11(10(3)20-8)9(2)16-13(19)17(4-5-18)7-12(14)15/h6,9,12,18H,4-5,7H2,1-3H3,(H,16,19). The molecule has 0 aliphatic carbocycles. The summed E-state index contributed by atoms with van der Waals surface area (Å²) < 4.78 is 30.1. The SMILES string of the molecule is Cc1cc(C(C)NC(=O)N(CCO)CC(F)F)c(C)o1. The van der Waals surface area contributed by atoms with Crippen LogP contribution in [0, 0.1) is 13.8 Å². The zero-order valence-corrected chi connectivity index (χ0v) is 11.8. The lowest BCUT2D eigenvalue weighted by Gasteiger charge is -2.24. The summed E-state index contributed by atoms with van der Waals surface area (Å²) in [6, 6.07) is 0.799. The topological polar surface area (TPSA) is 65.7 Å². The highest BCUT2D eigenvalue weighted by Gasteiger charge is 2.21. The van der Waals surface area contributed by atoms with Crippen LogP contribution in [0.3, 0.4) is 0 Å². The van der Waals surface area contributed by atoms with Crippen LogP contribution in [-0.2, 0) is 0 Å². The van der Waals surface area contributed by atoms with E-state index in [9.17, 15) is 13.6 Å². The molecule has 0 aromatic carbocycles. The number of urea groups is 1. The van der Waals surface area contributed by atoms with Gasteiger partial charge in [0, 0.05) is 12.1 Å². The number of hydrogen-bond donors (Lipinski definition) is 2. The second-order valence-electron chi connectivity index (χ2n) is 4.60. The lowest BCUT2D eigenvalue weighted by atomic mass is 10.1. The van der Waals surface area contributed by atoms with Gasteiger partial charge >= 0.3 is 6.03 Å². The van der Waals surface area contributed by atoms with Crippen LogP contribution >= 0.6 is 0 Å². The van der Waals surface area contributed by atoms with Crippen molar-refractivity contribution in [3.05, 3.63) is 23.2 Å². The van der Waals surface area contributed by atoms with Gasteiger partial charge in [0.2, 0.25) is 0 Å². The number of carbonyl (C=O) groups is 1. The van der Waals surface area contributed by atoms with E-state index in [0.29, 0.717) is 5.76 Å². The van der Waals surface area contributed by atoms with Gasteiger partial charge < -0.3 is 19.7 Å². The van der Waals surface area contributed by atoms with Crippen LogP contribution in [0.2, 0.25) is 0 Å². The first-order valence-electron chi connectivity index (χ1n) is 6.36. The van der Waals surface area contributed by atoms with Crippen molar-refractivity contribution in [2.45, 2.75) is 33.2 Å². The Kier molecular flexibility index (Phi) is 5.94. The van der Waals surface area contributed by atoms with Gasteiger partial charge in [-0.05, 0) is 26.8 Å². The van der Waals surface area contributed by atoms with Crippen molar-refractivity contribution in [1.82, 2.24) is 10.2 Å². The quantitative estimate of drug-likeness (QED) is 0.844.